The SMILES string of the molecule is C.CN(CCn1nc(-c2ccc(Cl)cc2NC(=O)C2CC2)cc1C=O)Cc1cccc(C=O)c1. The Hall–Kier alpha value is -3.29. The van der Waals surface area contributed by atoms with Gasteiger partial charge in [-0.2, -0.15) is 5.10 Å². The Morgan fingerprint density at radius 3 is 2.68 bits per heavy atom. The molecule has 1 aliphatic carbocycles. The molecule has 1 fully saturated rings. The minimum absolute atomic E-state index is 0. The highest BCUT2D eigenvalue weighted by Crippen LogP contribution is 2.34. The third-order valence-electron chi connectivity index (χ3n) is 5.63. The molecule has 0 radical (unpaired) electrons. The predicted octanol–water partition coefficient (Wildman–Crippen LogP) is 4.95. The van der Waals surface area contributed by atoms with E-state index in [4.69, 9.17) is 11.6 Å². The van der Waals surface area contributed by atoms with E-state index in [0.29, 0.717) is 52.9 Å². The minimum Gasteiger partial charge on any atom is -0.325 e. The van der Waals surface area contributed by atoms with Gasteiger partial charge in [0.25, 0.3) is 0 Å². The summed E-state index contributed by atoms with van der Waals surface area (Å²) in [4.78, 5) is 37.1. The Bertz CT molecular complexity index is 1190. The van der Waals surface area contributed by atoms with Gasteiger partial charge in [0.05, 0.1) is 17.9 Å². The lowest BCUT2D eigenvalue weighted by atomic mass is 10.1. The lowest BCUT2D eigenvalue weighted by Gasteiger charge is -2.17. The van der Waals surface area contributed by atoms with Crippen LogP contribution in [0, 0.1) is 5.92 Å². The molecule has 1 aliphatic rings. The summed E-state index contributed by atoms with van der Waals surface area (Å²) in [6.45, 7) is 1.83. The van der Waals surface area contributed by atoms with Gasteiger partial charge >= 0.3 is 0 Å². The number of halogens is 1. The van der Waals surface area contributed by atoms with Gasteiger partial charge in [0.1, 0.15) is 12.0 Å². The fourth-order valence-electron chi connectivity index (χ4n) is 3.68. The minimum atomic E-state index is -0.0196. The van der Waals surface area contributed by atoms with Gasteiger partial charge in [-0.25, -0.2) is 0 Å². The van der Waals surface area contributed by atoms with E-state index >= 15 is 0 Å². The summed E-state index contributed by atoms with van der Waals surface area (Å²) < 4.78 is 1.67. The molecule has 1 heterocycles. The molecular formula is C26H29ClN4O3. The first-order chi connectivity index (χ1) is 16.0. The summed E-state index contributed by atoms with van der Waals surface area (Å²) in [5, 5.41) is 8.10. The molecule has 3 aromatic rings. The highest BCUT2D eigenvalue weighted by atomic mass is 35.5. The number of rotatable bonds is 10. The van der Waals surface area contributed by atoms with Crippen LogP contribution in [0.2, 0.25) is 5.02 Å². The average molecular weight is 481 g/mol. The number of hydrogen-bond donors (Lipinski definition) is 1. The number of anilines is 1. The first kappa shape index (κ1) is 25.3. The Balaban J connectivity index is 0.00000324. The second-order valence-corrected chi connectivity index (χ2v) is 8.79. The van der Waals surface area contributed by atoms with Gasteiger partial charge < -0.3 is 10.2 Å². The van der Waals surface area contributed by atoms with Crippen molar-refractivity contribution >= 4 is 35.8 Å². The van der Waals surface area contributed by atoms with Crippen LogP contribution in [0.1, 0.15) is 46.7 Å². The third-order valence-corrected chi connectivity index (χ3v) is 5.86. The van der Waals surface area contributed by atoms with Crippen molar-refractivity contribution in [2.45, 2.75) is 33.4 Å². The van der Waals surface area contributed by atoms with Crippen LogP contribution in [0.15, 0.2) is 48.5 Å². The van der Waals surface area contributed by atoms with Gasteiger partial charge in [-0.3, -0.25) is 19.1 Å². The standard InChI is InChI=1S/C25H25ClN4O3.CH4/c1-29(14-17-3-2-4-18(11-17)15-31)9-10-30-21(16-32)13-24(28-30)22-8-7-20(26)12-23(22)27-25(33)19-5-6-19;/h2-4,7-8,11-13,15-16,19H,5-6,9-10,14H2,1H3,(H,27,33);1H4. The van der Waals surface area contributed by atoms with E-state index in [2.05, 4.69) is 15.3 Å². The van der Waals surface area contributed by atoms with E-state index in [-0.39, 0.29) is 19.3 Å². The van der Waals surface area contributed by atoms with Crippen molar-refractivity contribution in [3.05, 3.63) is 70.4 Å². The van der Waals surface area contributed by atoms with Crippen LogP contribution in [0.3, 0.4) is 0 Å². The summed E-state index contributed by atoms with van der Waals surface area (Å²) >= 11 is 6.16. The van der Waals surface area contributed by atoms with Gasteiger partial charge in [0.15, 0.2) is 6.29 Å². The summed E-state index contributed by atoms with van der Waals surface area (Å²) in [5.41, 5.74) is 4.05. The van der Waals surface area contributed by atoms with Gasteiger partial charge in [0, 0.05) is 35.2 Å². The van der Waals surface area contributed by atoms with E-state index in [0.717, 1.165) is 31.0 Å². The number of likely N-dealkylation sites (N-methyl/N-ethyl adjacent to an activating group) is 1. The van der Waals surface area contributed by atoms with E-state index in [1.165, 1.54) is 0 Å². The largest absolute Gasteiger partial charge is 0.325 e. The number of aromatic nitrogens is 2. The highest BCUT2D eigenvalue weighted by molar-refractivity contribution is 6.31. The molecule has 0 bridgehead atoms. The number of carbonyl (C=O) groups excluding carboxylic acids is 3. The van der Waals surface area contributed by atoms with E-state index in [9.17, 15) is 14.4 Å². The van der Waals surface area contributed by atoms with Crippen molar-refractivity contribution in [1.82, 2.24) is 14.7 Å². The van der Waals surface area contributed by atoms with Crippen LogP contribution in [-0.4, -0.2) is 46.8 Å². The fraction of sp³-hybridized carbons (Fsp3) is 0.308. The molecule has 2 aromatic carbocycles. The number of amides is 1. The third kappa shape index (κ3) is 6.18. The number of hydrogen-bond acceptors (Lipinski definition) is 5. The molecule has 0 spiro atoms. The van der Waals surface area contributed by atoms with Gasteiger partial charge in [0.2, 0.25) is 5.91 Å². The molecule has 34 heavy (non-hydrogen) atoms. The van der Waals surface area contributed by atoms with Gasteiger partial charge in [-0.05, 0) is 55.8 Å². The normalized spacial score (nSPS) is 12.8. The molecule has 1 aromatic heterocycles. The molecule has 0 aliphatic heterocycles. The van der Waals surface area contributed by atoms with Crippen LogP contribution >= 0.6 is 11.6 Å². The Labute approximate surface area is 204 Å². The second kappa shape index (κ2) is 11.2. The van der Waals surface area contributed by atoms with Crippen LogP contribution in [0.4, 0.5) is 5.69 Å². The molecule has 0 atom stereocenters. The summed E-state index contributed by atoms with van der Waals surface area (Å²) in [5.74, 6) is 0.0384. The molecule has 8 heteroatoms. The molecule has 1 amide bonds. The first-order valence-electron chi connectivity index (χ1n) is 10.8. The van der Waals surface area contributed by atoms with Crippen molar-refractivity contribution in [1.29, 1.82) is 0 Å². The van der Waals surface area contributed by atoms with Crippen molar-refractivity contribution in [3.63, 3.8) is 0 Å². The molecule has 0 saturated heterocycles. The molecule has 1 N–H and O–H groups in total. The van der Waals surface area contributed by atoms with Gasteiger partial charge in [-0.15, -0.1) is 0 Å². The second-order valence-electron chi connectivity index (χ2n) is 8.35. The topological polar surface area (TPSA) is 84.3 Å². The maximum absolute atomic E-state index is 12.3. The highest BCUT2D eigenvalue weighted by Gasteiger charge is 2.30. The fourth-order valence-corrected chi connectivity index (χ4v) is 3.85. The lowest BCUT2D eigenvalue weighted by Crippen LogP contribution is -2.24. The Kier molecular flexibility index (Phi) is 8.36. The van der Waals surface area contributed by atoms with E-state index < -0.39 is 0 Å². The van der Waals surface area contributed by atoms with Crippen molar-refractivity contribution in [2.24, 2.45) is 5.92 Å². The predicted molar refractivity (Wildman–Crippen MR) is 134 cm³/mol. The van der Waals surface area contributed by atoms with Crippen LogP contribution < -0.4 is 5.32 Å². The van der Waals surface area contributed by atoms with Crippen molar-refractivity contribution < 1.29 is 14.4 Å². The Morgan fingerprint density at radius 2 is 1.97 bits per heavy atom. The number of nitrogens with zero attached hydrogens (tertiary/aromatic N) is 3. The van der Waals surface area contributed by atoms with E-state index in [1.54, 1.807) is 35.0 Å². The zero-order valence-electron chi connectivity index (χ0n) is 18.3. The van der Waals surface area contributed by atoms with E-state index in [1.807, 2.05) is 25.2 Å². The molecular weight excluding hydrogens is 452 g/mol. The summed E-state index contributed by atoms with van der Waals surface area (Å²) in [7, 11) is 1.98. The maximum atomic E-state index is 12.3. The monoisotopic (exact) mass is 480 g/mol. The van der Waals surface area contributed by atoms with Crippen molar-refractivity contribution in [2.75, 3.05) is 18.9 Å². The number of aldehydes is 2. The zero-order chi connectivity index (χ0) is 23.4. The molecule has 0 unspecified atom stereocenters. The molecule has 178 valence electrons. The lowest BCUT2D eigenvalue weighted by molar-refractivity contribution is -0.117. The smallest absolute Gasteiger partial charge is 0.227 e. The van der Waals surface area contributed by atoms with Crippen LogP contribution in [-0.2, 0) is 17.9 Å². The van der Waals surface area contributed by atoms with Gasteiger partial charge in [-0.1, -0.05) is 37.2 Å². The van der Waals surface area contributed by atoms with Crippen molar-refractivity contribution in [3.8, 4) is 11.3 Å². The molecule has 4 rings (SSSR count). The average Bonchev–Trinajstić information content (AvgIpc) is 3.58. The molecule has 7 nitrogen and oxygen atoms in total. The Morgan fingerprint density at radius 1 is 1.18 bits per heavy atom. The number of benzene rings is 2. The maximum Gasteiger partial charge on any atom is 0.227 e. The van der Waals surface area contributed by atoms with Crippen LogP contribution in [0.5, 0.6) is 0 Å². The van der Waals surface area contributed by atoms with Crippen LogP contribution in [0.25, 0.3) is 11.3 Å². The summed E-state index contributed by atoms with van der Waals surface area (Å²) in [6, 6.07) is 14.4. The zero-order valence-corrected chi connectivity index (χ0v) is 19.1. The number of carbonyl (C=O) groups is 3. The quantitative estimate of drug-likeness (QED) is 0.415. The molecule has 1 saturated carbocycles. The summed E-state index contributed by atoms with van der Waals surface area (Å²) in [6.07, 6.45) is 3.42. The first-order valence-corrected chi connectivity index (χ1v) is 11.2. The number of nitrogens with one attached hydrogen (secondary N) is 1.